The van der Waals surface area contributed by atoms with Gasteiger partial charge in [0, 0.05) is 5.56 Å². The molecule has 0 radical (unpaired) electrons. The van der Waals surface area contributed by atoms with Crippen LogP contribution in [0.1, 0.15) is 27.8 Å². The molecule has 0 fully saturated rings. The van der Waals surface area contributed by atoms with Crippen molar-refractivity contribution in [2.24, 2.45) is 0 Å². The molecule has 1 aromatic heterocycles. The standard InChI is InChI=1S/C17H14N3/c1-2-4-13-8-15-14(7-12(13)3-1)5-6-17-16(15)9-19-10-18-11-20(17)19/h1-6,10-11H,7-9H2/q+1. The van der Waals surface area contributed by atoms with Crippen LogP contribution in [0.25, 0.3) is 5.69 Å². The minimum Gasteiger partial charge on any atom is -0.147 e. The lowest BCUT2D eigenvalue weighted by atomic mass is 9.83. The molecule has 0 unspecified atom stereocenters. The van der Waals surface area contributed by atoms with Crippen molar-refractivity contribution in [2.75, 3.05) is 0 Å². The van der Waals surface area contributed by atoms with Crippen LogP contribution in [0, 0.1) is 0 Å². The average Bonchev–Trinajstić information content (AvgIpc) is 3.06. The van der Waals surface area contributed by atoms with Gasteiger partial charge < -0.3 is 0 Å². The summed E-state index contributed by atoms with van der Waals surface area (Å²) in [5.74, 6) is 0. The Kier molecular flexibility index (Phi) is 1.85. The number of rotatable bonds is 0. The second kappa shape index (κ2) is 3.57. The van der Waals surface area contributed by atoms with Crippen molar-refractivity contribution in [3.05, 3.63) is 76.9 Å². The van der Waals surface area contributed by atoms with Gasteiger partial charge in [-0.3, -0.25) is 0 Å². The van der Waals surface area contributed by atoms with Gasteiger partial charge in [0.2, 0.25) is 6.33 Å². The van der Waals surface area contributed by atoms with E-state index >= 15 is 0 Å². The number of benzene rings is 2. The summed E-state index contributed by atoms with van der Waals surface area (Å²) < 4.78 is 4.32. The first kappa shape index (κ1) is 10.4. The van der Waals surface area contributed by atoms with E-state index in [2.05, 4.69) is 50.7 Å². The fourth-order valence-corrected chi connectivity index (χ4v) is 3.58. The molecule has 3 aromatic rings. The molecular weight excluding hydrogens is 246 g/mol. The summed E-state index contributed by atoms with van der Waals surface area (Å²) in [4.78, 5) is 4.22. The topological polar surface area (TPSA) is 21.7 Å². The third-order valence-electron chi connectivity index (χ3n) is 4.59. The lowest BCUT2D eigenvalue weighted by Gasteiger charge is -2.21. The smallest absolute Gasteiger partial charge is 0.147 e. The van der Waals surface area contributed by atoms with E-state index in [-0.39, 0.29) is 0 Å². The molecule has 2 heterocycles. The SMILES string of the molecule is c1ccc2c(c1)Cc1ccc3c(c1C2)C[n+]1cncn1-3. The summed E-state index contributed by atoms with van der Waals surface area (Å²) >= 11 is 0. The van der Waals surface area contributed by atoms with Gasteiger partial charge in [0.15, 0.2) is 0 Å². The lowest BCUT2D eigenvalue weighted by molar-refractivity contribution is -0.752. The number of aromatic nitrogens is 3. The van der Waals surface area contributed by atoms with Crippen LogP contribution >= 0.6 is 0 Å². The van der Waals surface area contributed by atoms with Gasteiger partial charge in [-0.2, -0.15) is 0 Å². The van der Waals surface area contributed by atoms with E-state index in [1.807, 2.05) is 12.7 Å². The molecule has 2 aromatic carbocycles. The first-order valence-corrected chi connectivity index (χ1v) is 7.03. The zero-order valence-electron chi connectivity index (χ0n) is 11.1. The predicted molar refractivity (Wildman–Crippen MR) is 74.9 cm³/mol. The van der Waals surface area contributed by atoms with Crippen LogP contribution < -0.4 is 4.68 Å². The third-order valence-corrected chi connectivity index (χ3v) is 4.59. The van der Waals surface area contributed by atoms with Crippen molar-refractivity contribution in [2.45, 2.75) is 19.4 Å². The van der Waals surface area contributed by atoms with E-state index in [1.165, 1.54) is 33.5 Å². The van der Waals surface area contributed by atoms with Crippen molar-refractivity contribution in [1.82, 2.24) is 9.67 Å². The van der Waals surface area contributed by atoms with E-state index in [0.29, 0.717) is 0 Å². The molecule has 0 saturated carbocycles. The van der Waals surface area contributed by atoms with E-state index in [9.17, 15) is 0 Å². The van der Waals surface area contributed by atoms with Gasteiger partial charge in [-0.25, -0.2) is 0 Å². The van der Waals surface area contributed by atoms with Gasteiger partial charge in [0.05, 0.1) is 5.69 Å². The molecule has 0 spiro atoms. The van der Waals surface area contributed by atoms with Crippen molar-refractivity contribution in [3.63, 3.8) is 0 Å². The minimum absolute atomic E-state index is 0.945. The summed E-state index contributed by atoms with van der Waals surface area (Å²) in [7, 11) is 0. The second-order valence-electron chi connectivity index (χ2n) is 5.65. The number of hydrogen-bond donors (Lipinski definition) is 0. The molecule has 3 heteroatoms. The Bertz CT molecular complexity index is 845. The molecule has 2 aliphatic rings. The van der Waals surface area contributed by atoms with E-state index in [1.54, 1.807) is 0 Å². The Balaban J connectivity index is 1.71. The molecule has 96 valence electrons. The molecular formula is C17H14N3+. The highest BCUT2D eigenvalue weighted by atomic mass is 15.4. The molecule has 5 rings (SSSR count). The number of nitrogens with zero attached hydrogens (tertiary/aromatic N) is 3. The largest absolute Gasteiger partial charge is 0.307 e. The highest BCUT2D eigenvalue weighted by Gasteiger charge is 2.28. The monoisotopic (exact) mass is 260 g/mol. The molecule has 0 amide bonds. The third kappa shape index (κ3) is 1.24. The summed E-state index contributed by atoms with van der Waals surface area (Å²) in [6.07, 6.45) is 5.93. The van der Waals surface area contributed by atoms with Crippen molar-refractivity contribution < 1.29 is 4.68 Å². The molecule has 1 aliphatic carbocycles. The van der Waals surface area contributed by atoms with Gasteiger partial charge in [-0.1, -0.05) is 30.3 Å². The van der Waals surface area contributed by atoms with Gasteiger partial charge in [-0.15, -0.1) is 9.36 Å². The summed E-state index contributed by atoms with van der Waals surface area (Å²) in [5, 5.41) is 0. The van der Waals surface area contributed by atoms with E-state index in [4.69, 9.17) is 0 Å². The van der Waals surface area contributed by atoms with E-state index < -0.39 is 0 Å². The maximum atomic E-state index is 4.22. The number of fused-ring (bicyclic) bond motifs is 6. The van der Waals surface area contributed by atoms with Crippen LogP contribution in [0.5, 0.6) is 0 Å². The Labute approximate surface area is 117 Å². The van der Waals surface area contributed by atoms with Crippen molar-refractivity contribution in [1.29, 1.82) is 0 Å². The molecule has 1 aliphatic heterocycles. The predicted octanol–water partition coefficient (Wildman–Crippen LogP) is 2.02. The highest BCUT2D eigenvalue weighted by Crippen LogP contribution is 2.33. The fourth-order valence-electron chi connectivity index (χ4n) is 3.58. The van der Waals surface area contributed by atoms with Gasteiger partial charge in [0.25, 0.3) is 0 Å². The highest BCUT2D eigenvalue weighted by molar-refractivity contribution is 5.55. The number of hydrogen-bond acceptors (Lipinski definition) is 1. The van der Waals surface area contributed by atoms with Crippen LogP contribution in [-0.2, 0) is 19.4 Å². The molecule has 0 N–H and O–H groups in total. The minimum atomic E-state index is 0.945. The molecule has 20 heavy (non-hydrogen) atoms. The van der Waals surface area contributed by atoms with Gasteiger partial charge in [0.1, 0.15) is 6.54 Å². The second-order valence-corrected chi connectivity index (χ2v) is 5.65. The maximum absolute atomic E-state index is 4.22. The van der Waals surface area contributed by atoms with Crippen molar-refractivity contribution in [3.8, 4) is 5.69 Å². The lowest BCUT2D eigenvalue weighted by Crippen LogP contribution is -2.36. The maximum Gasteiger partial charge on any atom is 0.307 e. The normalized spacial score (nSPS) is 14.4. The van der Waals surface area contributed by atoms with Crippen LogP contribution in [0.4, 0.5) is 0 Å². The first-order valence-electron chi connectivity index (χ1n) is 7.03. The van der Waals surface area contributed by atoms with E-state index in [0.717, 1.165) is 19.4 Å². The zero-order valence-corrected chi connectivity index (χ0v) is 11.1. The van der Waals surface area contributed by atoms with Crippen LogP contribution in [-0.4, -0.2) is 9.67 Å². The van der Waals surface area contributed by atoms with Crippen LogP contribution in [0.2, 0.25) is 0 Å². The average molecular weight is 260 g/mol. The molecule has 0 bridgehead atoms. The van der Waals surface area contributed by atoms with Crippen LogP contribution in [0.15, 0.2) is 49.1 Å². The Hall–Kier alpha value is -2.42. The van der Waals surface area contributed by atoms with Gasteiger partial charge >= 0.3 is 6.33 Å². The molecule has 0 atom stereocenters. The summed E-state index contributed by atoms with van der Waals surface area (Å²) in [6, 6.07) is 13.3. The first-order chi connectivity index (χ1) is 9.90. The quantitative estimate of drug-likeness (QED) is 0.390. The Morgan fingerprint density at radius 1 is 0.900 bits per heavy atom. The Morgan fingerprint density at radius 2 is 1.75 bits per heavy atom. The summed E-state index contributed by atoms with van der Waals surface area (Å²) in [6.45, 7) is 0.945. The van der Waals surface area contributed by atoms with Crippen LogP contribution in [0.3, 0.4) is 0 Å². The molecule has 0 saturated heterocycles. The zero-order chi connectivity index (χ0) is 13.1. The van der Waals surface area contributed by atoms with Gasteiger partial charge in [-0.05, 0) is 46.1 Å². The summed E-state index contributed by atoms with van der Waals surface area (Å²) in [5.41, 5.74) is 8.74. The van der Waals surface area contributed by atoms with Crippen molar-refractivity contribution >= 4 is 0 Å². The molecule has 3 nitrogen and oxygen atoms in total. The fraction of sp³-hybridized carbons (Fsp3) is 0.176. The Morgan fingerprint density at radius 3 is 2.65 bits per heavy atom.